The second kappa shape index (κ2) is 31.0. The normalized spacial score (nSPS) is 16.8. The molecule has 1 aliphatic heterocycles. The SMILES string of the molecule is CC(C)[C@H](NC(=O)[C@H](CCCCN)NC(=O)[C@H](CCCNC(=N)N)NC(=O)[C@@H]1CCCN1C(=O)[C@H](CCCCN)NC(=O)[C@@H](C)N)C(=O)N[C@@H](C)C(=O)N[C@@H](C)C(=O)N[C@@H](CCC(N)=O)C(=O)O. The Hall–Kier alpha value is -6.15. The fraction of sp³-hybridized carbons (Fsp3) is 0.738. The molecule has 1 fully saturated rings. The molecular weight excluding hydrogens is 891 g/mol. The van der Waals surface area contributed by atoms with Crippen LogP contribution in [0.3, 0.4) is 0 Å². The summed E-state index contributed by atoms with van der Waals surface area (Å²) in [5, 5.41) is 37.4. The molecule has 0 aromatic carbocycles. The lowest BCUT2D eigenvalue weighted by Crippen LogP contribution is -2.60. The number of primary amides is 1. The second-order valence-electron chi connectivity index (χ2n) is 17.3. The van der Waals surface area contributed by atoms with Crippen LogP contribution < -0.4 is 71.2 Å². The summed E-state index contributed by atoms with van der Waals surface area (Å²) in [5.74, 6) is -8.73. The maximum absolute atomic E-state index is 14.1. The Bertz CT molecular complexity index is 1750. The van der Waals surface area contributed by atoms with Crippen molar-refractivity contribution in [1.82, 2.24) is 47.4 Å². The molecule has 0 aliphatic carbocycles. The highest BCUT2D eigenvalue weighted by atomic mass is 16.4. The third-order valence-electron chi connectivity index (χ3n) is 11.1. The second-order valence-corrected chi connectivity index (χ2v) is 17.3. The molecule has 386 valence electrons. The number of unbranched alkanes of at least 4 members (excludes halogenated alkanes) is 2. The number of likely N-dealkylation sites (tertiary alicyclic amines) is 1. The number of carbonyl (C=O) groups is 10. The maximum Gasteiger partial charge on any atom is 0.326 e. The van der Waals surface area contributed by atoms with Gasteiger partial charge in [0.05, 0.1) is 6.04 Å². The first-order valence-corrected chi connectivity index (χ1v) is 23.1. The van der Waals surface area contributed by atoms with E-state index < -0.39 is 119 Å². The van der Waals surface area contributed by atoms with Gasteiger partial charge in [-0.2, -0.15) is 0 Å². The number of carboxylic acids is 1. The highest BCUT2D eigenvalue weighted by Crippen LogP contribution is 2.21. The summed E-state index contributed by atoms with van der Waals surface area (Å²) in [7, 11) is 0. The van der Waals surface area contributed by atoms with Gasteiger partial charge in [-0.3, -0.25) is 48.6 Å². The molecule has 0 spiro atoms. The van der Waals surface area contributed by atoms with Crippen LogP contribution in [0.1, 0.15) is 112 Å². The number of nitrogens with two attached hydrogens (primary N) is 5. The van der Waals surface area contributed by atoms with Crippen LogP contribution in [0, 0.1) is 11.3 Å². The van der Waals surface area contributed by atoms with Crippen LogP contribution in [-0.2, 0) is 47.9 Å². The van der Waals surface area contributed by atoms with E-state index in [1.165, 1.54) is 25.7 Å². The number of carbonyl (C=O) groups excluding carboxylic acids is 9. The number of guanidine groups is 1. The van der Waals surface area contributed by atoms with Gasteiger partial charge in [-0.25, -0.2) is 4.79 Å². The lowest BCUT2D eigenvalue weighted by atomic mass is 10.0. The molecule has 9 amide bonds. The fourth-order valence-electron chi connectivity index (χ4n) is 7.06. The van der Waals surface area contributed by atoms with Gasteiger partial charge in [0, 0.05) is 19.5 Å². The van der Waals surface area contributed by atoms with Crippen LogP contribution in [0.2, 0.25) is 0 Å². The Morgan fingerprint density at radius 1 is 0.618 bits per heavy atom. The molecule has 1 saturated heterocycles. The van der Waals surface area contributed by atoms with Crippen LogP contribution in [0.15, 0.2) is 0 Å². The molecule has 20 N–H and O–H groups in total. The molecule has 0 bridgehead atoms. The van der Waals surface area contributed by atoms with Gasteiger partial charge >= 0.3 is 5.97 Å². The Kier molecular flexibility index (Phi) is 27.3. The summed E-state index contributed by atoms with van der Waals surface area (Å²) in [6, 6.07) is -10.6. The molecule has 26 heteroatoms. The van der Waals surface area contributed by atoms with Crippen molar-refractivity contribution in [3.05, 3.63) is 0 Å². The standard InChI is InChI=1S/C42H77N15O11/c1-22(2)32(39(65)51-24(4)34(60)50-25(5)35(61)55-29(41(67)68)16-17-31(46)58)56-37(63)26(12-6-8-18-43)52-36(62)27(14-10-20-49-42(47)48)53-38(64)30-15-11-21-57(30)40(66)28(13-7-9-19-44)54-33(59)23(3)45/h22-30,32H,6-21,43-45H2,1-5H3,(H2,46,58)(H,50,60)(H,51,65)(H,52,62)(H,53,64)(H,54,59)(H,55,61)(H,56,63)(H,67,68)(H4,47,48,49)/t23-,24+,25+,26+,27+,28+,29+,30+,32+/m1/s1. The summed E-state index contributed by atoms with van der Waals surface area (Å²) < 4.78 is 0. The van der Waals surface area contributed by atoms with Crippen molar-refractivity contribution < 1.29 is 53.1 Å². The zero-order valence-corrected chi connectivity index (χ0v) is 40.0. The number of carboxylic acid groups (broad SMARTS) is 1. The molecule has 9 atom stereocenters. The number of nitrogens with zero attached hydrogens (tertiary/aromatic N) is 1. The van der Waals surface area contributed by atoms with Gasteiger partial charge in [0.25, 0.3) is 0 Å². The number of amides is 9. The molecule has 26 nitrogen and oxygen atoms in total. The Morgan fingerprint density at radius 3 is 1.65 bits per heavy atom. The Balaban J connectivity index is 3.26. The van der Waals surface area contributed by atoms with E-state index in [4.69, 9.17) is 34.1 Å². The van der Waals surface area contributed by atoms with Crippen LogP contribution in [0.25, 0.3) is 0 Å². The minimum absolute atomic E-state index is 0.00844. The minimum Gasteiger partial charge on any atom is -0.480 e. The third-order valence-corrected chi connectivity index (χ3v) is 11.1. The van der Waals surface area contributed by atoms with Gasteiger partial charge in [-0.1, -0.05) is 13.8 Å². The molecule has 0 aromatic heterocycles. The fourth-order valence-corrected chi connectivity index (χ4v) is 7.06. The van der Waals surface area contributed by atoms with Crippen molar-refractivity contribution in [3.63, 3.8) is 0 Å². The van der Waals surface area contributed by atoms with Crippen molar-refractivity contribution in [1.29, 1.82) is 5.41 Å². The van der Waals surface area contributed by atoms with E-state index in [1.807, 2.05) is 0 Å². The number of hydrogen-bond donors (Lipinski definition) is 15. The highest BCUT2D eigenvalue weighted by Gasteiger charge is 2.40. The number of aliphatic carboxylic acids is 1. The minimum atomic E-state index is -1.45. The summed E-state index contributed by atoms with van der Waals surface area (Å²) >= 11 is 0. The lowest BCUT2D eigenvalue weighted by Gasteiger charge is -2.31. The van der Waals surface area contributed by atoms with Gasteiger partial charge in [0.1, 0.15) is 48.3 Å². The van der Waals surface area contributed by atoms with Crippen LogP contribution in [0.5, 0.6) is 0 Å². The van der Waals surface area contributed by atoms with Crippen molar-refractivity contribution in [2.45, 2.75) is 166 Å². The van der Waals surface area contributed by atoms with Crippen molar-refractivity contribution in [2.24, 2.45) is 34.6 Å². The van der Waals surface area contributed by atoms with Gasteiger partial charge in [0.2, 0.25) is 53.2 Å². The smallest absolute Gasteiger partial charge is 0.326 e. The lowest BCUT2D eigenvalue weighted by molar-refractivity contribution is -0.142. The Morgan fingerprint density at radius 2 is 1.12 bits per heavy atom. The van der Waals surface area contributed by atoms with E-state index in [-0.39, 0.29) is 70.5 Å². The number of nitrogens with one attached hydrogen (secondary N) is 9. The van der Waals surface area contributed by atoms with E-state index in [0.717, 1.165) is 0 Å². The molecule has 68 heavy (non-hydrogen) atoms. The van der Waals surface area contributed by atoms with E-state index in [9.17, 15) is 53.1 Å². The van der Waals surface area contributed by atoms with Gasteiger partial charge in [-0.15, -0.1) is 0 Å². The van der Waals surface area contributed by atoms with E-state index in [2.05, 4.69) is 42.5 Å². The predicted molar refractivity (Wildman–Crippen MR) is 249 cm³/mol. The first-order chi connectivity index (χ1) is 31.9. The predicted octanol–water partition coefficient (Wildman–Crippen LogP) is -4.71. The average molecular weight is 968 g/mol. The summed E-state index contributed by atoms with van der Waals surface area (Å²) in [4.78, 5) is 132. The maximum atomic E-state index is 14.1. The molecule has 1 aliphatic rings. The molecule has 0 aromatic rings. The summed E-state index contributed by atoms with van der Waals surface area (Å²) in [6.07, 6.45) is 2.67. The van der Waals surface area contributed by atoms with E-state index in [0.29, 0.717) is 38.6 Å². The van der Waals surface area contributed by atoms with Crippen LogP contribution >= 0.6 is 0 Å². The highest BCUT2D eigenvalue weighted by molar-refractivity contribution is 5.98. The molecule has 1 heterocycles. The quantitative estimate of drug-likeness (QED) is 0.0171. The van der Waals surface area contributed by atoms with Crippen molar-refractivity contribution >= 4 is 65.1 Å². The molecule has 0 unspecified atom stereocenters. The zero-order valence-electron chi connectivity index (χ0n) is 40.0. The topological polar surface area (TPSA) is 444 Å². The zero-order chi connectivity index (χ0) is 51.7. The first-order valence-electron chi connectivity index (χ1n) is 23.1. The third kappa shape index (κ3) is 21.6. The molecule has 0 radical (unpaired) electrons. The molecule has 1 rings (SSSR count). The number of rotatable bonds is 32. The summed E-state index contributed by atoms with van der Waals surface area (Å²) in [5.41, 5.74) is 27.7. The average Bonchev–Trinajstić information content (AvgIpc) is 3.76. The van der Waals surface area contributed by atoms with Crippen molar-refractivity contribution in [2.75, 3.05) is 26.2 Å². The van der Waals surface area contributed by atoms with Crippen molar-refractivity contribution in [3.8, 4) is 0 Å². The van der Waals surface area contributed by atoms with Crippen LogP contribution in [0.4, 0.5) is 0 Å². The van der Waals surface area contributed by atoms with Gasteiger partial charge in [-0.05, 0) is 110 Å². The summed E-state index contributed by atoms with van der Waals surface area (Å²) in [6.45, 7) is 8.36. The first kappa shape index (κ1) is 59.9. The van der Waals surface area contributed by atoms with Gasteiger partial charge < -0.3 is 81.2 Å². The van der Waals surface area contributed by atoms with Gasteiger partial charge in [0.15, 0.2) is 5.96 Å². The largest absolute Gasteiger partial charge is 0.480 e. The van der Waals surface area contributed by atoms with E-state index in [1.54, 1.807) is 13.8 Å². The Labute approximate surface area is 397 Å². The van der Waals surface area contributed by atoms with Crippen LogP contribution in [-0.4, -0.2) is 156 Å². The monoisotopic (exact) mass is 968 g/mol. The van der Waals surface area contributed by atoms with E-state index >= 15 is 0 Å². The molecular formula is C42H77N15O11. The molecule has 0 saturated carbocycles. The number of hydrogen-bond acceptors (Lipinski definition) is 14.